The van der Waals surface area contributed by atoms with Gasteiger partial charge in [-0.05, 0) is 69.8 Å². The van der Waals surface area contributed by atoms with E-state index in [-0.39, 0.29) is 0 Å². The van der Waals surface area contributed by atoms with Crippen LogP contribution in [-0.2, 0) is 0 Å². The molecule has 0 spiro atoms. The predicted octanol–water partition coefficient (Wildman–Crippen LogP) is 13.9. The third-order valence-corrected chi connectivity index (χ3v) is 10.6. The van der Waals surface area contributed by atoms with Crippen molar-refractivity contribution in [1.29, 1.82) is 0 Å². The van der Waals surface area contributed by atoms with E-state index in [2.05, 4.69) is 228 Å². The van der Waals surface area contributed by atoms with Crippen LogP contribution in [0, 0.1) is 0 Å². The van der Waals surface area contributed by atoms with Crippen LogP contribution in [0.25, 0.3) is 89.1 Å². The highest BCUT2D eigenvalue weighted by Crippen LogP contribution is 2.50. The van der Waals surface area contributed by atoms with E-state index in [0.29, 0.717) is 0 Å². The lowest BCUT2D eigenvalue weighted by Crippen LogP contribution is -1.99. The molecule has 2 aromatic heterocycles. The van der Waals surface area contributed by atoms with Crippen LogP contribution in [0.4, 0.5) is 0 Å². The molecule has 0 bridgehead atoms. The van der Waals surface area contributed by atoms with Crippen LogP contribution >= 0.6 is 0 Å². The van der Waals surface area contributed by atoms with E-state index in [4.69, 9.17) is 0 Å². The van der Waals surface area contributed by atoms with Crippen LogP contribution in [0.2, 0.25) is 0 Å². The van der Waals surface area contributed by atoms with Gasteiger partial charge >= 0.3 is 0 Å². The standard InChI is InChI=1S/C52H36N2/c1-5-17-37(18-6-1)38-29-31-39(32-30-38)40-33-35-44(36-34-40)54-48-28-16-14-26-46(48)50(52(54)42-21-9-3-10-22-42)49-45-25-13-15-27-47(45)53(43-23-11-4-12-24-43)51(49)41-19-7-2-8-20-41/h1-36H. The van der Waals surface area contributed by atoms with Gasteiger partial charge in [0.2, 0.25) is 0 Å². The van der Waals surface area contributed by atoms with Crippen LogP contribution in [0.15, 0.2) is 218 Å². The summed E-state index contributed by atoms with van der Waals surface area (Å²) in [6.45, 7) is 0. The summed E-state index contributed by atoms with van der Waals surface area (Å²) >= 11 is 0. The average molecular weight is 689 g/mol. The van der Waals surface area contributed by atoms with Gasteiger partial charge in [0.25, 0.3) is 0 Å². The second-order valence-corrected chi connectivity index (χ2v) is 13.7. The van der Waals surface area contributed by atoms with E-state index in [0.717, 1.165) is 11.4 Å². The Morgan fingerprint density at radius 2 is 0.519 bits per heavy atom. The van der Waals surface area contributed by atoms with Gasteiger partial charge in [0, 0.05) is 33.3 Å². The minimum absolute atomic E-state index is 1.12. The molecule has 0 fully saturated rings. The molecule has 0 N–H and O–H groups in total. The molecule has 0 unspecified atom stereocenters. The van der Waals surface area contributed by atoms with Crippen molar-refractivity contribution in [2.24, 2.45) is 0 Å². The van der Waals surface area contributed by atoms with Crippen molar-refractivity contribution in [3.8, 4) is 67.3 Å². The maximum Gasteiger partial charge on any atom is 0.0620 e. The first kappa shape index (κ1) is 31.6. The quantitative estimate of drug-likeness (QED) is 0.158. The number of nitrogens with zero attached hydrogens (tertiary/aromatic N) is 2. The molecule has 0 atom stereocenters. The molecule has 0 aliphatic heterocycles. The molecule has 254 valence electrons. The smallest absolute Gasteiger partial charge is 0.0620 e. The molecule has 0 saturated heterocycles. The number of aromatic nitrogens is 2. The molecular weight excluding hydrogens is 653 g/mol. The van der Waals surface area contributed by atoms with Gasteiger partial charge in [-0.3, -0.25) is 0 Å². The molecule has 0 saturated carbocycles. The van der Waals surface area contributed by atoms with Gasteiger partial charge in [-0.2, -0.15) is 0 Å². The lowest BCUT2D eigenvalue weighted by atomic mass is 9.93. The van der Waals surface area contributed by atoms with Crippen molar-refractivity contribution >= 4 is 21.8 Å². The van der Waals surface area contributed by atoms with Gasteiger partial charge in [0.15, 0.2) is 0 Å². The lowest BCUT2D eigenvalue weighted by Gasteiger charge is -2.16. The van der Waals surface area contributed by atoms with Crippen molar-refractivity contribution in [3.63, 3.8) is 0 Å². The molecular formula is C52H36N2. The normalized spacial score (nSPS) is 11.3. The van der Waals surface area contributed by atoms with Crippen molar-refractivity contribution in [2.45, 2.75) is 0 Å². The lowest BCUT2D eigenvalue weighted by molar-refractivity contribution is 1.13. The number of hydrogen-bond donors (Lipinski definition) is 0. The summed E-state index contributed by atoms with van der Waals surface area (Å²) in [4.78, 5) is 0. The fourth-order valence-electron chi connectivity index (χ4n) is 8.13. The predicted molar refractivity (Wildman–Crippen MR) is 227 cm³/mol. The van der Waals surface area contributed by atoms with E-state index >= 15 is 0 Å². The van der Waals surface area contributed by atoms with E-state index in [1.54, 1.807) is 0 Å². The molecule has 10 rings (SSSR count). The summed E-state index contributed by atoms with van der Waals surface area (Å²) in [5.74, 6) is 0. The second-order valence-electron chi connectivity index (χ2n) is 13.7. The van der Waals surface area contributed by atoms with Gasteiger partial charge in [0.1, 0.15) is 0 Å². The first-order valence-electron chi connectivity index (χ1n) is 18.5. The molecule has 2 nitrogen and oxygen atoms in total. The third-order valence-electron chi connectivity index (χ3n) is 10.6. The van der Waals surface area contributed by atoms with Crippen molar-refractivity contribution in [3.05, 3.63) is 218 Å². The molecule has 2 heteroatoms. The first-order chi connectivity index (χ1) is 26.8. The van der Waals surface area contributed by atoms with Crippen LogP contribution in [0.5, 0.6) is 0 Å². The monoisotopic (exact) mass is 688 g/mol. The molecule has 8 aromatic carbocycles. The fourth-order valence-corrected chi connectivity index (χ4v) is 8.13. The number of para-hydroxylation sites is 3. The summed E-state index contributed by atoms with van der Waals surface area (Å²) in [5, 5.41) is 2.43. The average Bonchev–Trinajstić information content (AvgIpc) is 3.78. The van der Waals surface area contributed by atoms with Crippen molar-refractivity contribution in [2.75, 3.05) is 0 Å². The zero-order chi connectivity index (χ0) is 35.8. The molecule has 0 aliphatic rings. The number of rotatable bonds is 7. The molecule has 0 radical (unpaired) electrons. The Morgan fingerprint density at radius 1 is 0.222 bits per heavy atom. The van der Waals surface area contributed by atoms with E-state index in [1.165, 1.54) is 77.7 Å². The number of hydrogen-bond acceptors (Lipinski definition) is 0. The third kappa shape index (κ3) is 5.36. The van der Waals surface area contributed by atoms with Gasteiger partial charge in [-0.25, -0.2) is 0 Å². The summed E-state index contributed by atoms with van der Waals surface area (Å²) < 4.78 is 4.91. The first-order valence-corrected chi connectivity index (χ1v) is 18.5. The van der Waals surface area contributed by atoms with Crippen LogP contribution in [0.1, 0.15) is 0 Å². The Morgan fingerprint density at radius 3 is 0.944 bits per heavy atom. The Labute approximate surface area is 315 Å². The van der Waals surface area contributed by atoms with Crippen molar-refractivity contribution < 1.29 is 0 Å². The van der Waals surface area contributed by atoms with Gasteiger partial charge in [-0.1, -0.05) is 182 Å². The SMILES string of the molecule is c1ccc(-c2ccc(-c3ccc(-n4c(-c5ccccc5)c(-c5c(-c6ccccc6)n(-c6ccccc6)c6ccccc56)c5ccccc54)cc3)cc2)cc1. The minimum Gasteiger partial charge on any atom is -0.309 e. The molecule has 0 aliphatic carbocycles. The number of fused-ring (bicyclic) bond motifs is 2. The molecule has 10 aromatic rings. The Balaban J connectivity index is 1.23. The Kier molecular flexibility index (Phi) is 7.85. The zero-order valence-corrected chi connectivity index (χ0v) is 29.7. The highest BCUT2D eigenvalue weighted by molar-refractivity contribution is 6.16. The molecule has 0 amide bonds. The Hall–Kier alpha value is -7.16. The van der Waals surface area contributed by atoms with Crippen molar-refractivity contribution in [1.82, 2.24) is 9.13 Å². The minimum atomic E-state index is 1.12. The largest absolute Gasteiger partial charge is 0.309 e. The second kappa shape index (κ2) is 13.4. The van der Waals surface area contributed by atoms with E-state index in [1.807, 2.05) is 0 Å². The van der Waals surface area contributed by atoms with Crippen LogP contribution < -0.4 is 0 Å². The van der Waals surface area contributed by atoms with Gasteiger partial charge in [-0.15, -0.1) is 0 Å². The topological polar surface area (TPSA) is 9.86 Å². The number of benzene rings is 8. The van der Waals surface area contributed by atoms with Crippen LogP contribution in [0.3, 0.4) is 0 Å². The highest BCUT2D eigenvalue weighted by atomic mass is 15.0. The zero-order valence-electron chi connectivity index (χ0n) is 29.7. The molecule has 2 heterocycles. The highest BCUT2D eigenvalue weighted by Gasteiger charge is 2.28. The summed E-state index contributed by atoms with van der Waals surface area (Å²) in [7, 11) is 0. The van der Waals surface area contributed by atoms with E-state index in [9.17, 15) is 0 Å². The van der Waals surface area contributed by atoms with Gasteiger partial charge < -0.3 is 9.13 Å². The van der Waals surface area contributed by atoms with E-state index < -0.39 is 0 Å². The summed E-state index contributed by atoms with van der Waals surface area (Å²) in [6.07, 6.45) is 0. The fraction of sp³-hybridized carbons (Fsp3) is 0. The maximum absolute atomic E-state index is 2.46. The maximum atomic E-state index is 2.46. The van der Waals surface area contributed by atoms with Gasteiger partial charge in [0.05, 0.1) is 22.4 Å². The van der Waals surface area contributed by atoms with Crippen LogP contribution in [-0.4, -0.2) is 9.13 Å². The Bertz CT molecular complexity index is 2870. The summed E-state index contributed by atoms with van der Waals surface area (Å²) in [5.41, 5.74) is 16.6. The molecule has 54 heavy (non-hydrogen) atoms. The summed E-state index contributed by atoms with van der Waals surface area (Å²) in [6, 6.07) is 78.8.